The van der Waals surface area contributed by atoms with E-state index in [2.05, 4.69) is 4.98 Å². The van der Waals surface area contributed by atoms with Gasteiger partial charge in [0.1, 0.15) is 5.75 Å². The van der Waals surface area contributed by atoms with Crippen LogP contribution >= 0.6 is 0 Å². The fraction of sp³-hybridized carbons (Fsp3) is 0.0476. The van der Waals surface area contributed by atoms with Crippen molar-refractivity contribution in [1.82, 2.24) is 9.55 Å². The molecule has 0 amide bonds. The minimum Gasteiger partial charge on any atom is -0.497 e. The van der Waals surface area contributed by atoms with Gasteiger partial charge in [0, 0.05) is 18.0 Å². The van der Waals surface area contributed by atoms with Gasteiger partial charge in [0.05, 0.1) is 19.1 Å². The van der Waals surface area contributed by atoms with Crippen molar-refractivity contribution in [3.05, 3.63) is 96.6 Å². The molecule has 2 aromatic carbocycles. The van der Waals surface area contributed by atoms with Crippen LogP contribution in [0.25, 0.3) is 11.8 Å². The molecule has 0 atom stereocenters. The number of hydrogen-bond acceptors (Lipinski definition) is 3. The molecule has 0 saturated carbocycles. The summed E-state index contributed by atoms with van der Waals surface area (Å²) in [7, 11) is 1.64. The smallest absolute Gasteiger partial charge is 0.209 e. The Morgan fingerprint density at radius 2 is 1.84 bits per heavy atom. The first kappa shape index (κ1) is 16.5. The van der Waals surface area contributed by atoms with Crippen LogP contribution in [-0.4, -0.2) is 22.4 Å². The summed E-state index contributed by atoms with van der Waals surface area (Å²) >= 11 is 0. The monoisotopic (exact) mass is 330 g/mol. The molecule has 0 aliphatic rings. The van der Waals surface area contributed by atoms with Crippen molar-refractivity contribution < 1.29 is 9.53 Å². The maximum Gasteiger partial charge on any atom is 0.209 e. The van der Waals surface area contributed by atoms with Crippen LogP contribution in [0.4, 0.5) is 0 Å². The van der Waals surface area contributed by atoms with E-state index in [1.807, 2.05) is 54.6 Å². The molecule has 0 saturated heterocycles. The summed E-state index contributed by atoms with van der Waals surface area (Å²) in [5.41, 5.74) is 2.20. The maximum absolute atomic E-state index is 12.8. The molecule has 0 unspecified atom stereocenters. The Labute approximate surface area is 146 Å². The van der Waals surface area contributed by atoms with E-state index >= 15 is 0 Å². The highest BCUT2D eigenvalue weighted by atomic mass is 16.5. The lowest BCUT2D eigenvalue weighted by Crippen LogP contribution is -2.07. The number of imidazole rings is 1. The molecular formula is C21H18N2O2. The zero-order valence-electron chi connectivity index (χ0n) is 13.9. The third kappa shape index (κ3) is 4.12. The molecule has 3 rings (SSSR count). The molecule has 4 heteroatoms. The molecule has 1 heterocycles. The van der Waals surface area contributed by atoms with Crippen LogP contribution < -0.4 is 4.74 Å². The highest BCUT2D eigenvalue weighted by molar-refractivity contribution is 6.24. The third-order valence-electron chi connectivity index (χ3n) is 3.71. The van der Waals surface area contributed by atoms with Gasteiger partial charge in [-0.25, -0.2) is 4.98 Å². The lowest BCUT2D eigenvalue weighted by atomic mass is 10.1. The Balaban J connectivity index is 1.88. The van der Waals surface area contributed by atoms with E-state index in [0.29, 0.717) is 11.3 Å². The lowest BCUT2D eigenvalue weighted by molar-refractivity contribution is 0.105. The van der Waals surface area contributed by atoms with E-state index in [9.17, 15) is 4.79 Å². The second-order valence-electron chi connectivity index (χ2n) is 5.35. The highest BCUT2D eigenvalue weighted by Gasteiger charge is 2.12. The first-order valence-electron chi connectivity index (χ1n) is 7.88. The molecule has 0 spiro atoms. The van der Waals surface area contributed by atoms with Crippen molar-refractivity contribution in [2.75, 3.05) is 7.11 Å². The van der Waals surface area contributed by atoms with E-state index in [4.69, 9.17) is 4.74 Å². The van der Waals surface area contributed by atoms with Crippen molar-refractivity contribution in [2.45, 2.75) is 0 Å². The number of allylic oxidation sites excluding steroid dienone is 3. The number of nitrogens with zero attached hydrogens (tertiary/aromatic N) is 2. The number of benzene rings is 2. The van der Waals surface area contributed by atoms with E-state index in [-0.39, 0.29) is 5.78 Å². The van der Waals surface area contributed by atoms with E-state index in [1.54, 1.807) is 48.6 Å². The number of ether oxygens (including phenoxy) is 1. The Bertz CT molecular complexity index is 877. The molecule has 0 aliphatic heterocycles. The number of Topliss-reactive ketones (excluding diaryl/α,β-unsaturated/α-hetero) is 1. The summed E-state index contributed by atoms with van der Waals surface area (Å²) in [6.45, 7) is 0. The van der Waals surface area contributed by atoms with Gasteiger partial charge < -0.3 is 9.30 Å². The molecule has 0 fully saturated rings. The molecule has 124 valence electrons. The molecule has 1 aromatic heterocycles. The van der Waals surface area contributed by atoms with Crippen molar-refractivity contribution >= 4 is 17.6 Å². The number of carbonyl (C=O) groups is 1. The number of carbonyl (C=O) groups excluding carboxylic acids is 1. The van der Waals surface area contributed by atoms with Crippen LogP contribution in [0.2, 0.25) is 0 Å². The summed E-state index contributed by atoms with van der Waals surface area (Å²) in [6.07, 6.45) is 10.6. The van der Waals surface area contributed by atoms with Crippen LogP contribution in [-0.2, 0) is 0 Å². The van der Waals surface area contributed by atoms with Crippen molar-refractivity contribution in [3.8, 4) is 5.75 Å². The molecule has 0 radical (unpaired) electrons. The van der Waals surface area contributed by atoms with Gasteiger partial charge in [-0.05, 0) is 23.8 Å². The standard InChI is InChI=1S/C21H18N2O2/c1-25-19-12-10-17(11-13-19)6-5-9-20(23-15-14-22-16-23)21(24)18-7-3-2-4-8-18/h2-16H,1H3/b6-5+,20-9-. The van der Waals surface area contributed by atoms with Crippen molar-refractivity contribution in [2.24, 2.45) is 0 Å². The van der Waals surface area contributed by atoms with Crippen molar-refractivity contribution in [1.29, 1.82) is 0 Å². The Kier molecular flexibility index (Phi) is 5.22. The molecule has 0 N–H and O–H groups in total. The number of rotatable bonds is 6. The number of hydrogen-bond donors (Lipinski definition) is 0. The average molecular weight is 330 g/mol. The average Bonchev–Trinajstić information content (AvgIpc) is 3.20. The summed E-state index contributed by atoms with van der Waals surface area (Å²) in [5.74, 6) is 0.754. The zero-order valence-corrected chi connectivity index (χ0v) is 13.9. The molecule has 3 aromatic rings. The van der Waals surface area contributed by atoms with Crippen LogP contribution in [0.15, 0.2) is 85.5 Å². The van der Waals surface area contributed by atoms with Gasteiger partial charge in [0.25, 0.3) is 0 Å². The number of aromatic nitrogens is 2. The van der Waals surface area contributed by atoms with Crippen LogP contribution in [0.5, 0.6) is 5.75 Å². The minimum atomic E-state index is -0.0574. The van der Waals surface area contributed by atoms with Crippen LogP contribution in [0.3, 0.4) is 0 Å². The number of ketones is 1. The highest BCUT2D eigenvalue weighted by Crippen LogP contribution is 2.15. The first-order valence-corrected chi connectivity index (χ1v) is 7.88. The Morgan fingerprint density at radius 3 is 2.48 bits per heavy atom. The maximum atomic E-state index is 12.8. The minimum absolute atomic E-state index is 0.0574. The van der Waals surface area contributed by atoms with E-state index in [0.717, 1.165) is 11.3 Å². The van der Waals surface area contributed by atoms with Gasteiger partial charge in [0.2, 0.25) is 5.78 Å². The largest absolute Gasteiger partial charge is 0.497 e. The van der Waals surface area contributed by atoms with Gasteiger partial charge in [-0.3, -0.25) is 4.79 Å². The second-order valence-corrected chi connectivity index (χ2v) is 5.35. The second kappa shape index (κ2) is 7.93. The molecule has 4 nitrogen and oxygen atoms in total. The lowest BCUT2D eigenvalue weighted by Gasteiger charge is -2.07. The summed E-state index contributed by atoms with van der Waals surface area (Å²) in [6, 6.07) is 16.9. The molecular weight excluding hydrogens is 312 g/mol. The van der Waals surface area contributed by atoms with E-state index in [1.165, 1.54) is 0 Å². The number of methoxy groups -OCH3 is 1. The third-order valence-corrected chi connectivity index (χ3v) is 3.71. The molecule has 0 aliphatic carbocycles. The van der Waals surface area contributed by atoms with Gasteiger partial charge in [-0.15, -0.1) is 0 Å². The van der Waals surface area contributed by atoms with E-state index < -0.39 is 0 Å². The fourth-order valence-electron chi connectivity index (χ4n) is 2.38. The first-order chi connectivity index (χ1) is 12.3. The van der Waals surface area contributed by atoms with Gasteiger partial charge >= 0.3 is 0 Å². The predicted octanol–water partition coefficient (Wildman–Crippen LogP) is 4.33. The van der Waals surface area contributed by atoms with Gasteiger partial charge in [-0.1, -0.05) is 54.6 Å². The zero-order chi connectivity index (χ0) is 17.5. The van der Waals surface area contributed by atoms with Crippen molar-refractivity contribution in [3.63, 3.8) is 0 Å². The summed E-state index contributed by atoms with van der Waals surface area (Å²) in [4.78, 5) is 16.8. The SMILES string of the molecule is COc1ccc(/C=C/C=C(/C(=O)c2ccccc2)n2ccnc2)cc1. The van der Waals surface area contributed by atoms with Crippen LogP contribution in [0, 0.1) is 0 Å². The predicted molar refractivity (Wildman–Crippen MR) is 99.3 cm³/mol. The summed E-state index contributed by atoms with van der Waals surface area (Å²) in [5, 5.41) is 0. The van der Waals surface area contributed by atoms with Crippen LogP contribution in [0.1, 0.15) is 15.9 Å². The molecule has 25 heavy (non-hydrogen) atoms. The quantitative estimate of drug-likeness (QED) is 0.384. The topological polar surface area (TPSA) is 44.1 Å². The summed E-state index contributed by atoms with van der Waals surface area (Å²) < 4.78 is 6.87. The normalized spacial score (nSPS) is 11.6. The Morgan fingerprint density at radius 1 is 1.08 bits per heavy atom. The van der Waals surface area contributed by atoms with Gasteiger partial charge in [0.15, 0.2) is 0 Å². The Hall–Kier alpha value is -3.40. The molecule has 0 bridgehead atoms. The fourth-order valence-corrected chi connectivity index (χ4v) is 2.38. The van der Waals surface area contributed by atoms with Gasteiger partial charge in [-0.2, -0.15) is 0 Å².